The van der Waals surface area contributed by atoms with Crippen LogP contribution in [0.2, 0.25) is 0 Å². The number of furan rings is 1. The van der Waals surface area contributed by atoms with E-state index in [2.05, 4.69) is 16.8 Å². The molecule has 0 radical (unpaired) electrons. The topological polar surface area (TPSA) is 96.1 Å². The minimum atomic E-state index is -1.17. The molecule has 0 bridgehead atoms. The van der Waals surface area contributed by atoms with Crippen LogP contribution in [0.5, 0.6) is 0 Å². The van der Waals surface area contributed by atoms with E-state index in [4.69, 9.17) is 9.15 Å². The summed E-state index contributed by atoms with van der Waals surface area (Å²) in [6.45, 7) is 4.20. The molecule has 1 saturated heterocycles. The van der Waals surface area contributed by atoms with E-state index in [0.29, 0.717) is 13.2 Å². The fraction of sp³-hybridized carbons (Fsp3) is 0.519. The van der Waals surface area contributed by atoms with Crippen molar-refractivity contribution >= 4 is 11.8 Å². The van der Waals surface area contributed by atoms with Gasteiger partial charge in [-0.3, -0.25) is 14.6 Å². The number of nitrogens with zero attached hydrogens (tertiary/aromatic N) is 3. The number of aliphatic hydroxyl groups is 1. The first-order valence-corrected chi connectivity index (χ1v) is 12.2. The fourth-order valence-electron chi connectivity index (χ4n) is 4.54. The summed E-state index contributed by atoms with van der Waals surface area (Å²) in [4.78, 5) is 34.2. The predicted octanol–water partition coefficient (Wildman–Crippen LogP) is 3.00. The average Bonchev–Trinajstić information content (AvgIpc) is 3.26. The zero-order valence-corrected chi connectivity index (χ0v) is 20.4. The molecular formula is C27H33N3O5. The van der Waals surface area contributed by atoms with Crippen LogP contribution in [-0.4, -0.2) is 69.1 Å². The summed E-state index contributed by atoms with van der Waals surface area (Å²) in [5.74, 6) is 5.35. The molecule has 8 nitrogen and oxygen atoms in total. The maximum atomic E-state index is 13.3. The van der Waals surface area contributed by atoms with Gasteiger partial charge in [0.2, 0.25) is 5.91 Å². The highest BCUT2D eigenvalue weighted by Gasteiger charge is 2.35. The van der Waals surface area contributed by atoms with Gasteiger partial charge in [-0.1, -0.05) is 31.2 Å². The summed E-state index contributed by atoms with van der Waals surface area (Å²) >= 11 is 0. The smallest absolute Gasteiger partial charge is 0.290 e. The van der Waals surface area contributed by atoms with Crippen LogP contribution in [0.4, 0.5) is 0 Å². The lowest BCUT2D eigenvalue weighted by molar-refractivity contribution is -0.134. The van der Waals surface area contributed by atoms with Gasteiger partial charge >= 0.3 is 0 Å². The molecular weight excluding hydrogens is 446 g/mol. The van der Waals surface area contributed by atoms with Gasteiger partial charge < -0.3 is 24.1 Å². The van der Waals surface area contributed by atoms with Crippen molar-refractivity contribution in [3.8, 4) is 11.8 Å². The molecule has 35 heavy (non-hydrogen) atoms. The molecule has 1 aliphatic heterocycles. The van der Waals surface area contributed by atoms with Crippen LogP contribution in [-0.2, 0) is 16.1 Å². The van der Waals surface area contributed by atoms with Crippen LogP contribution in [0.15, 0.2) is 41.1 Å². The summed E-state index contributed by atoms with van der Waals surface area (Å²) in [5, 5.41) is 9.80. The first kappa shape index (κ1) is 25.0. The molecule has 0 unspecified atom stereocenters. The van der Waals surface area contributed by atoms with Crippen molar-refractivity contribution in [2.75, 3.05) is 19.6 Å². The summed E-state index contributed by atoms with van der Waals surface area (Å²) < 4.78 is 11.8. The summed E-state index contributed by atoms with van der Waals surface area (Å²) in [6.07, 6.45) is 8.51. The second-order valence-electron chi connectivity index (χ2n) is 9.79. The molecule has 2 amide bonds. The van der Waals surface area contributed by atoms with Crippen molar-refractivity contribution in [2.24, 2.45) is 0 Å². The summed E-state index contributed by atoms with van der Waals surface area (Å²) in [7, 11) is 0. The number of hydrogen-bond acceptors (Lipinski definition) is 6. The lowest BCUT2D eigenvalue weighted by Gasteiger charge is -2.34. The Morgan fingerprint density at radius 2 is 2.03 bits per heavy atom. The molecule has 2 aromatic rings. The Balaban J connectivity index is 1.51. The number of aromatic nitrogens is 1. The number of pyridine rings is 1. The van der Waals surface area contributed by atoms with Gasteiger partial charge in [0.1, 0.15) is 12.1 Å². The Labute approximate surface area is 206 Å². The first-order chi connectivity index (χ1) is 16.8. The van der Waals surface area contributed by atoms with E-state index in [0.717, 1.165) is 31.2 Å². The molecule has 4 rings (SSSR count). The van der Waals surface area contributed by atoms with E-state index in [1.165, 1.54) is 11.3 Å². The van der Waals surface area contributed by atoms with Crippen molar-refractivity contribution in [3.05, 3.63) is 53.7 Å². The second-order valence-corrected chi connectivity index (χ2v) is 9.79. The van der Waals surface area contributed by atoms with E-state index in [1.54, 1.807) is 38.4 Å². The van der Waals surface area contributed by atoms with E-state index >= 15 is 0 Å². The number of carbonyl (C=O) groups is 2. The molecule has 2 aromatic heterocycles. The van der Waals surface area contributed by atoms with Crippen molar-refractivity contribution in [2.45, 2.75) is 70.3 Å². The monoisotopic (exact) mass is 479 g/mol. The SMILES string of the molecule is CC(C)(O)C#Cc1ccc(C(=O)N2CC(=O)N(C3CCCCC3)C[C@@H](OCc3cccnc3)C2)o1. The fourth-order valence-corrected chi connectivity index (χ4v) is 4.54. The van der Waals surface area contributed by atoms with E-state index < -0.39 is 5.60 Å². The first-order valence-electron chi connectivity index (χ1n) is 12.2. The van der Waals surface area contributed by atoms with Crippen LogP contribution in [0, 0.1) is 11.8 Å². The van der Waals surface area contributed by atoms with Gasteiger partial charge in [0.25, 0.3) is 5.91 Å². The molecule has 0 spiro atoms. The lowest BCUT2D eigenvalue weighted by atomic mass is 9.94. The normalized spacial score (nSPS) is 19.7. The predicted molar refractivity (Wildman–Crippen MR) is 129 cm³/mol. The van der Waals surface area contributed by atoms with Crippen LogP contribution in [0.25, 0.3) is 0 Å². The quantitative estimate of drug-likeness (QED) is 0.663. The number of rotatable bonds is 5. The van der Waals surface area contributed by atoms with E-state index in [1.807, 2.05) is 17.0 Å². The summed E-state index contributed by atoms with van der Waals surface area (Å²) in [6, 6.07) is 7.13. The van der Waals surface area contributed by atoms with Gasteiger partial charge in [-0.2, -0.15) is 0 Å². The van der Waals surface area contributed by atoms with Crippen LogP contribution in [0.3, 0.4) is 0 Å². The molecule has 2 aliphatic rings. The van der Waals surface area contributed by atoms with Crippen molar-refractivity contribution < 1.29 is 23.8 Å². The third-order valence-corrected chi connectivity index (χ3v) is 6.29. The van der Waals surface area contributed by atoms with E-state index in [9.17, 15) is 14.7 Å². The Bertz CT molecular complexity index is 1070. The van der Waals surface area contributed by atoms with Crippen molar-refractivity contribution in [1.82, 2.24) is 14.8 Å². The Hall–Kier alpha value is -3.15. The maximum absolute atomic E-state index is 13.3. The van der Waals surface area contributed by atoms with Crippen LogP contribution < -0.4 is 0 Å². The molecule has 1 aliphatic carbocycles. The lowest BCUT2D eigenvalue weighted by Crippen LogP contribution is -2.46. The van der Waals surface area contributed by atoms with Crippen molar-refractivity contribution in [3.63, 3.8) is 0 Å². The highest BCUT2D eigenvalue weighted by Crippen LogP contribution is 2.25. The molecule has 1 N–H and O–H groups in total. The standard InChI is InChI=1S/C27H33N3O5/c1-27(2,33)13-12-22-10-11-24(35-22)26(32)29-16-23(34-19-20-7-6-14-28-15-20)17-30(25(31)18-29)21-8-4-3-5-9-21/h6-7,10-11,14-15,21,23,33H,3-5,8-9,16-19H2,1-2H3/t23-/m0/s1. The van der Waals surface area contributed by atoms with Gasteiger partial charge in [-0.05, 0) is 56.4 Å². The third kappa shape index (κ3) is 6.93. The Kier molecular flexibility index (Phi) is 7.89. The minimum Gasteiger partial charge on any atom is -0.443 e. The Morgan fingerprint density at radius 3 is 2.74 bits per heavy atom. The number of carbonyl (C=O) groups excluding carboxylic acids is 2. The van der Waals surface area contributed by atoms with Gasteiger partial charge in [-0.15, -0.1) is 0 Å². The highest BCUT2D eigenvalue weighted by atomic mass is 16.5. The average molecular weight is 480 g/mol. The third-order valence-electron chi connectivity index (χ3n) is 6.29. The van der Waals surface area contributed by atoms with Crippen LogP contribution in [0.1, 0.15) is 67.8 Å². The van der Waals surface area contributed by atoms with Crippen LogP contribution >= 0.6 is 0 Å². The van der Waals surface area contributed by atoms with Crippen molar-refractivity contribution in [1.29, 1.82) is 0 Å². The maximum Gasteiger partial charge on any atom is 0.290 e. The number of hydrogen-bond donors (Lipinski definition) is 1. The number of ether oxygens (including phenoxy) is 1. The molecule has 3 heterocycles. The molecule has 8 heteroatoms. The van der Waals surface area contributed by atoms with Gasteiger partial charge in [-0.25, -0.2) is 0 Å². The zero-order chi connectivity index (χ0) is 24.8. The van der Waals surface area contributed by atoms with Gasteiger partial charge in [0.05, 0.1) is 12.7 Å². The minimum absolute atomic E-state index is 0.0204. The molecule has 186 valence electrons. The second kappa shape index (κ2) is 11.1. The molecule has 0 aromatic carbocycles. The largest absolute Gasteiger partial charge is 0.443 e. The van der Waals surface area contributed by atoms with E-state index in [-0.39, 0.29) is 48.6 Å². The van der Waals surface area contributed by atoms with Gasteiger partial charge in [0, 0.05) is 31.5 Å². The summed E-state index contributed by atoms with van der Waals surface area (Å²) in [5.41, 5.74) is -0.235. The zero-order valence-electron chi connectivity index (χ0n) is 20.4. The van der Waals surface area contributed by atoms with Gasteiger partial charge in [0.15, 0.2) is 11.5 Å². The Morgan fingerprint density at radius 1 is 1.23 bits per heavy atom. The molecule has 1 saturated carbocycles. The number of amides is 2. The highest BCUT2D eigenvalue weighted by molar-refractivity contribution is 5.94. The molecule has 2 fully saturated rings. The molecule has 1 atom stereocenters.